The second kappa shape index (κ2) is 8.90. The molecule has 1 aliphatic heterocycles. The molecule has 1 saturated heterocycles. The van der Waals surface area contributed by atoms with E-state index in [4.69, 9.17) is 9.15 Å². The van der Waals surface area contributed by atoms with E-state index in [0.29, 0.717) is 22.7 Å². The van der Waals surface area contributed by atoms with Gasteiger partial charge in [0.25, 0.3) is 5.91 Å². The summed E-state index contributed by atoms with van der Waals surface area (Å²) in [6, 6.07) is 13.6. The maximum Gasteiger partial charge on any atom is 0.259 e. The normalized spacial score (nSPS) is 15.4. The number of ether oxygens (including phenoxy) is 1. The van der Waals surface area contributed by atoms with Gasteiger partial charge in [-0.15, -0.1) is 0 Å². The average Bonchev–Trinajstić information content (AvgIpc) is 3.10. The molecular formula is C24H29N3O3. The van der Waals surface area contributed by atoms with Crippen molar-refractivity contribution in [2.75, 3.05) is 45.2 Å². The largest absolute Gasteiger partial charge is 0.497 e. The van der Waals surface area contributed by atoms with Gasteiger partial charge in [0.05, 0.1) is 12.7 Å². The summed E-state index contributed by atoms with van der Waals surface area (Å²) >= 11 is 0. The Morgan fingerprint density at radius 3 is 2.43 bits per heavy atom. The van der Waals surface area contributed by atoms with E-state index in [-0.39, 0.29) is 5.91 Å². The molecule has 0 aliphatic carbocycles. The Kier molecular flexibility index (Phi) is 6.06. The predicted octanol–water partition coefficient (Wildman–Crippen LogP) is 4.14. The molecule has 0 saturated carbocycles. The first kappa shape index (κ1) is 20.4. The molecule has 1 aliphatic rings. The van der Waals surface area contributed by atoms with E-state index in [2.05, 4.69) is 34.2 Å². The third kappa shape index (κ3) is 4.35. The van der Waals surface area contributed by atoms with Crippen LogP contribution in [0.5, 0.6) is 5.75 Å². The van der Waals surface area contributed by atoms with Crippen molar-refractivity contribution < 1.29 is 13.9 Å². The molecular weight excluding hydrogens is 378 g/mol. The second-order valence-electron chi connectivity index (χ2n) is 7.76. The van der Waals surface area contributed by atoms with Crippen molar-refractivity contribution in [1.82, 2.24) is 9.80 Å². The van der Waals surface area contributed by atoms with Gasteiger partial charge in [-0.2, -0.15) is 0 Å². The number of anilines is 1. The molecule has 1 fully saturated rings. The van der Waals surface area contributed by atoms with Crippen molar-refractivity contribution in [3.05, 3.63) is 59.4 Å². The van der Waals surface area contributed by atoms with Gasteiger partial charge in [0.1, 0.15) is 17.1 Å². The molecule has 2 aromatic carbocycles. The quantitative estimate of drug-likeness (QED) is 0.666. The van der Waals surface area contributed by atoms with E-state index < -0.39 is 0 Å². The highest BCUT2D eigenvalue weighted by molar-refractivity contribution is 6.13. The van der Waals surface area contributed by atoms with E-state index in [1.165, 1.54) is 5.56 Å². The summed E-state index contributed by atoms with van der Waals surface area (Å²) in [6.45, 7) is 10.6. The van der Waals surface area contributed by atoms with Crippen molar-refractivity contribution in [3.8, 4) is 5.75 Å². The number of amides is 1. The van der Waals surface area contributed by atoms with Crippen LogP contribution in [-0.4, -0.2) is 55.5 Å². The number of hydrogen-bond acceptors (Lipinski definition) is 5. The molecule has 2 heterocycles. The van der Waals surface area contributed by atoms with Gasteiger partial charge in [0.15, 0.2) is 0 Å². The lowest BCUT2D eigenvalue weighted by Gasteiger charge is -2.34. The number of benzene rings is 2. The molecule has 6 nitrogen and oxygen atoms in total. The fourth-order valence-electron chi connectivity index (χ4n) is 4.02. The molecule has 0 unspecified atom stereocenters. The highest BCUT2D eigenvalue weighted by Crippen LogP contribution is 2.29. The Bertz CT molecular complexity index is 1020. The van der Waals surface area contributed by atoms with Crippen LogP contribution in [0.4, 0.5) is 5.69 Å². The maximum absolute atomic E-state index is 12.9. The highest BCUT2D eigenvalue weighted by Gasteiger charge is 2.19. The highest BCUT2D eigenvalue weighted by atomic mass is 16.5. The fourth-order valence-corrected chi connectivity index (χ4v) is 4.02. The number of carbonyl (C=O) groups is 1. The molecule has 1 N–H and O–H groups in total. The molecule has 1 aromatic heterocycles. The van der Waals surface area contributed by atoms with E-state index >= 15 is 0 Å². The van der Waals surface area contributed by atoms with Crippen LogP contribution in [0.2, 0.25) is 0 Å². The van der Waals surface area contributed by atoms with Gasteiger partial charge < -0.3 is 19.4 Å². The number of hydrogen-bond donors (Lipinski definition) is 1. The molecule has 4 rings (SSSR count). The van der Waals surface area contributed by atoms with Crippen LogP contribution in [0.3, 0.4) is 0 Å². The Morgan fingerprint density at radius 1 is 1.07 bits per heavy atom. The van der Waals surface area contributed by atoms with Gasteiger partial charge in [0, 0.05) is 43.8 Å². The summed E-state index contributed by atoms with van der Waals surface area (Å²) in [4.78, 5) is 17.9. The van der Waals surface area contributed by atoms with Crippen LogP contribution in [0.15, 0.2) is 46.9 Å². The lowest BCUT2D eigenvalue weighted by atomic mass is 10.1. The van der Waals surface area contributed by atoms with Crippen LogP contribution < -0.4 is 10.1 Å². The van der Waals surface area contributed by atoms with E-state index in [9.17, 15) is 4.79 Å². The van der Waals surface area contributed by atoms with Crippen molar-refractivity contribution in [2.45, 2.75) is 20.4 Å². The van der Waals surface area contributed by atoms with Gasteiger partial charge in [0.2, 0.25) is 0 Å². The Morgan fingerprint density at radius 2 is 1.77 bits per heavy atom. The number of nitrogens with one attached hydrogen (secondary N) is 1. The van der Waals surface area contributed by atoms with E-state index in [1.54, 1.807) is 7.11 Å². The van der Waals surface area contributed by atoms with Gasteiger partial charge in [-0.25, -0.2) is 0 Å². The van der Waals surface area contributed by atoms with Gasteiger partial charge in [-0.3, -0.25) is 9.69 Å². The molecule has 0 bridgehead atoms. The zero-order valence-electron chi connectivity index (χ0n) is 17.9. The number of nitrogens with zero attached hydrogens (tertiary/aromatic N) is 2. The minimum absolute atomic E-state index is 0.178. The number of aryl methyl sites for hydroxylation is 1. The zero-order chi connectivity index (χ0) is 21.1. The first-order valence-corrected chi connectivity index (χ1v) is 10.5. The maximum atomic E-state index is 12.9. The standard InChI is InChI=1S/C24H29N3O3/c1-4-26-11-13-27(14-12-26)16-18-5-7-19(8-6-18)25-24(28)23-17(2)30-22-10-9-20(29-3)15-21(22)23/h5-10,15H,4,11-14,16H2,1-3H3,(H,25,28). The third-order valence-electron chi connectivity index (χ3n) is 5.83. The molecule has 3 aromatic rings. The van der Waals surface area contributed by atoms with Crippen molar-refractivity contribution in [3.63, 3.8) is 0 Å². The molecule has 0 spiro atoms. The van der Waals surface area contributed by atoms with Crippen LogP contribution in [0.1, 0.15) is 28.6 Å². The minimum atomic E-state index is -0.178. The van der Waals surface area contributed by atoms with Gasteiger partial charge in [-0.05, 0) is 49.4 Å². The number of furan rings is 1. The minimum Gasteiger partial charge on any atom is -0.497 e. The van der Waals surface area contributed by atoms with Crippen LogP contribution in [0, 0.1) is 6.92 Å². The number of methoxy groups -OCH3 is 1. The zero-order valence-corrected chi connectivity index (χ0v) is 17.9. The average molecular weight is 408 g/mol. The summed E-state index contributed by atoms with van der Waals surface area (Å²) in [5.74, 6) is 1.11. The number of fused-ring (bicyclic) bond motifs is 1. The number of piperazine rings is 1. The van der Waals surface area contributed by atoms with Gasteiger partial charge in [-0.1, -0.05) is 19.1 Å². The third-order valence-corrected chi connectivity index (χ3v) is 5.83. The molecule has 0 atom stereocenters. The van der Waals surface area contributed by atoms with Crippen molar-refractivity contribution in [2.24, 2.45) is 0 Å². The Hall–Kier alpha value is -2.83. The van der Waals surface area contributed by atoms with Crippen LogP contribution in [0.25, 0.3) is 11.0 Å². The summed E-state index contributed by atoms with van der Waals surface area (Å²) < 4.78 is 11.0. The first-order chi connectivity index (χ1) is 14.6. The molecule has 0 radical (unpaired) electrons. The smallest absolute Gasteiger partial charge is 0.259 e. The second-order valence-corrected chi connectivity index (χ2v) is 7.76. The number of carbonyl (C=O) groups excluding carboxylic acids is 1. The number of likely N-dealkylation sites (N-methyl/N-ethyl adjacent to an activating group) is 1. The Labute approximate surface area is 177 Å². The lowest BCUT2D eigenvalue weighted by Crippen LogP contribution is -2.45. The Balaban J connectivity index is 1.43. The summed E-state index contributed by atoms with van der Waals surface area (Å²) in [5, 5.41) is 3.76. The van der Waals surface area contributed by atoms with Crippen molar-refractivity contribution in [1.29, 1.82) is 0 Å². The summed E-state index contributed by atoms with van der Waals surface area (Å²) in [5.41, 5.74) is 3.25. The molecule has 158 valence electrons. The fraction of sp³-hybridized carbons (Fsp3) is 0.375. The first-order valence-electron chi connectivity index (χ1n) is 10.5. The number of rotatable bonds is 6. The monoisotopic (exact) mass is 407 g/mol. The molecule has 1 amide bonds. The van der Waals surface area contributed by atoms with Gasteiger partial charge >= 0.3 is 0 Å². The molecule has 30 heavy (non-hydrogen) atoms. The molecule has 6 heteroatoms. The summed E-state index contributed by atoms with van der Waals surface area (Å²) in [7, 11) is 1.61. The lowest BCUT2D eigenvalue weighted by molar-refractivity contribution is 0.102. The predicted molar refractivity (Wildman–Crippen MR) is 119 cm³/mol. The summed E-state index contributed by atoms with van der Waals surface area (Å²) in [6.07, 6.45) is 0. The van der Waals surface area contributed by atoms with Crippen molar-refractivity contribution >= 4 is 22.6 Å². The van der Waals surface area contributed by atoms with Crippen LogP contribution in [-0.2, 0) is 6.54 Å². The van der Waals surface area contributed by atoms with E-state index in [1.807, 2.05) is 37.3 Å². The van der Waals surface area contributed by atoms with Crippen LogP contribution >= 0.6 is 0 Å². The topological polar surface area (TPSA) is 58.0 Å². The SMILES string of the molecule is CCN1CCN(Cc2ccc(NC(=O)c3c(C)oc4ccc(OC)cc34)cc2)CC1. The van der Waals surface area contributed by atoms with E-state index in [0.717, 1.165) is 50.3 Å².